The molecule has 11 heteroatoms. The zero-order chi connectivity index (χ0) is 21.1. The number of esters is 1. The van der Waals surface area contributed by atoms with Crippen LogP contribution >= 0.6 is 23.1 Å². The van der Waals surface area contributed by atoms with Crippen LogP contribution in [-0.4, -0.2) is 34.2 Å². The average Bonchev–Trinajstić information content (AvgIpc) is 3.41. The number of nitrogens with zero attached hydrogens (tertiary/aromatic N) is 3. The van der Waals surface area contributed by atoms with Gasteiger partial charge in [0, 0.05) is 10.9 Å². The number of nitrogens with one attached hydrogen (secondary N) is 1. The molecule has 0 aliphatic heterocycles. The van der Waals surface area contributed by atoms with Crippen LogP contribution in [0.4, 0.5) is 0 Å². The van der Waals surface area contributed by atoms with Gasteiger partial charge in [-0.05, 0) is 19.1 Å². The first-order valence-corrected chi connectivity index (χ1v) is 11.9. The molecular weight excluding hydrogens is 444 g/mol. The summed E-state index contributed by atoms with van der Waals surface area (Å²) in [5, 5.41) is 2.63. The lowest BCUT2D eigenvalue weighted by atomic mass is 10.2. The first-order valence-electron chi connectivity index (χ1n) is 8.84. The third-order valence-electron chi connectivity index (χ3n) is 4.16. The highest BCUT2D eigenvalue weighted by Gasteiger charge is 2.26. The number of hydrogen-bond donors (Lipinski definition) is 1. The van der Waals surface area contributed by atoms with E-state index in [1.54, 1.807) is 17.5 Å². The summed E-state index contributed by atoms with van der Waals surface area (Å²) in [4.78, 5) is 16.7. The lowest BCUT2D eigenvalue weighted by Crippen LogP contribution is -2.39. The molecule has 4 aromatic rings. The molecule has 0 radical (unpaired) electrons. The molecule has 2 heterocycles. The SMILES string of the molecule is CC(NS(=O)(=O)c1cccc2nsnc12)C(=O)OCc1csc(-c2ccccc2)n1. The minimum absolute atomic E-state index is 0.0274. The van der Waals surface area contributed by atoms with E-state index in [1.807, 2.05) is 30.3 Å². The van der Waals surface area contributed by atoms with E-state index in [0.717, 1.165) is 22.3 Å². The molecule has 4 rings (SSSR count). The van der Waals surface area contributed by atoms with Crippen LogP contribution in [0, 0.1) is 0 Å². The van der Waals surface area contributed by atoms with E-state index in [9.17, 15) is 13.2 Å². The zero-order valence-electron chi connectivity index (χ0n) is 15.7. The topological polar surface area (TPSA) is 111 Å². The number of carbonyl (C=O) groups excluding carboxylic acids is 1. The van der Waals surface area contributed by atoms with Gasteiger partial charge >= 0.3 is 5.97 Å². The number of hydrogen-bond acceptors (Lipinski definition) is 9. The highest BCUT2D eigenvalue weighted by atomic mass is 32.2. The van der Waals surface area contributed by atoms with E-state index in [2.05, 4.69) is 18.5 Å². The average molecular weight is 461 g/mol. The quantitative estimate of drug-likeness (QED) is 0.422. The molecule has 1 atom stereocenters. The van der Waals surface area contributed by atoms with Crippen molar-refractivity contribution in [3.63, 3.8) is 0 Å². The van der Waals surface area contributed by atoms with Crippen LogP contribution in [0.2, 0.25) is 0 Å². The fraction of sp³-hybridized carbons (Fsp3) is 0.158. The third kappa shape index (κ3) is 4.38. The van der Waals surface area contributed by atoms with Gasteiger partial charge in [0.1, 0.15) is 33.6 Å². The lowest BCUT2D eigenvalue weighted by molar-refractivity contribution is -0.146. The maximum atomic E-state index is 12.7. The van der Waals surface area contributed by atoms with Crippen molar-refractivity contribution in [2.24, 2.45) is 0 Å². The summed E-state index contributed by atoms with van der Waals surface area (Å²) in [6.45, 7) is 1.38. The van der Waals surface area contributed by atoms with E-state index in [4.69, 9.17) is 4.74 Å². The summed E-state index contributed by atoms with van der Waals surface area (Å²) in [5.74, 6) is -0.698. The molecule has 0 aliphatic rings. The van der Waals surface area contributed by atoms with Crippen LogP contribution in [-0.2, 0) is 26.2 Å². The molecule has 1 unspecified atom stereocenters. The highest BCUT2D eigenvalue weighted by Crippen LogP contribution is 2.24. The molecule has 0 bridgehead atoms. The van der Waals surface area contributed by atoms with Crippen LogP contribution in [0.1, 0.15) is 12.6 Å². The van der Waals surface area contributed by atoms with Crippen molar-refractivity contribution >= 4 is 50.1 Å². The van der Waals surface area contributed by atoms with Gasteiger partial charge in [0.15, 0.2) is 0 Å². The van der Waals surface area contributed by atoms with Gasteiger partial charge < -0.3 is 4.74 Å². The van der Waals surface area contributed by atoms with Gasteiger partial charge in [-0.15, -0.1) is 11.3 Å². The molecule has 0 spiro atoms. The monoisotopic (exact) mass is 460 g/mol. The summed E-state index contributed by atoms with van der Waals surface area (Å²) in [6.07, 6.45) is 0. The summed E-state index contributed by atoms with van der Waals surface area (Å²) in [6, 6.07) is 13.3. The van der Waals surface area contributed by atoms with Crippen molar-refractivity contribution in [1.29, 1.82) is 0 Å². The van der Waals surface area contributed by atoms with Crippen molar-refractivity contribution < 1.29 is 17.9 Å². The van der Waals surface area contributed by atoms with Gasteiger partial charge in [0.25, 0.3) is 0 Å². The second-order valence-corrected chi connectivity index (χ2v) is 9.42. The molecule has 30 heavy (non-hydrogen) atoms. The zero-order valence-corrected chi connectivity index (χ0v) is 18.1. The number of ether oxygens (including phenoxy) is 1. The van der Waals surface area contributed by atoms with Gasteiger partial charge in [-0.2, -0.15) is 13.5 Å². The Hall–Kier alpha value is -2.73. The predicted octanol–water partition coefficient (Wildman–Crippen LogP) is 3.23. The highest BCUT2D eigenvalue weighted by molar-refractivity contribution is 7.89. The predicted molar refractivity (Wildman–Crippen MR) is 115 cm³/mol. The summed E-state index contributed by atoms with van der Waals surface area (Å²) >= 11 is 2.37. The van der Waals surface area contributed by atoms with Gasteiger partial charge in [-0.25, -0.2) is 13.4 Å². The molecule has 2 aromatic heterocycles. The van der Waals surface area contributed by atoms with Crippen LogP contribution in [0.3, 0.4) is 0 Å². The van der Waals surface area contributed by atoms with Crippen molar-refractivity contribution in [2.45, 2.75) is 24.5 Å². The molecule has 0 amide bonds. The number of thiazole rings is 1. The normalized spacial score (nSPS) is 12.7. The van der Waals surface area contributed by atoms with E-state index in [1.165, 1.54) is 24.3 Å². The maximum Gasteiger partial charge on any atom is 0.324 e. The minimum Gasteiger partial charge on any atom is -0.458 e. The minimum atomic E-state index is -3.98. The summed E-state index contributed by atoms with van der Waals surface area (Å²) in [5.41, 5.74) is 2.33. The molecule has 0 aliphatic carbocycles. The maximum absolute atomic E-state index is 12.7. The van der Waals surface area contributed by atoms with Crippen molar-refractivity contribution in [3.05, 3.63) is 59.6 Å². The number of carbonyl (C=O) groups is 1. The molecule has 2 aromatic carbocycles. The molecule has 154 valence electrons. The van der Waals surface area contributed by atoms with Crippen LogP contribution in [0.15, 0.2) is 58.8 Å². The lowest BCUT2D eigenvalue weighted by Gasteiger charge is -2.13. The van der Waals surface area contributed by atoms with Gasteiger partial charge in [-0.1, -0.05) is 36.4 Å². The van der Waals surface area contributed by atoms with Crippen LogP contribution in [0.25, 0.3) is 21.6 Å². The first-order chi connectivity index (χ1) is 14.4. The number of aromatic nitrogens is 3. The Balaban J connectivity index is 1.39. The molecule has 8 nitrogen and oxygen atoms in total. The van der Waals surface area contributed by atoms with E-state index >= 15 is 0 Å². The fourth-order valence-corrected chi connectivity index (χ4v) is 5.47. The Morgan fingerprint density at radius 3 is 2.73 bits per heavy atom. The van der Waals surface area contributed by atoms with Gasteiger partial charge in [-0.3, -0.25) is 4.79 Å². The van der Waals surface area contributed by atoms with E-state index < -0.39 is 22.0 Å². The summed E-state index contributed by atoms with van der Waals surface area (Å²) < 4.78 is 41.0. The molecular formula is C19H16N4O4S3. The fourth-order valence-electron chi connectivity index (χ4n) is 2.70. The van der Waals surface area contributed by atoms with Crippen molar-refractivity contribution in [1.82, 2.24) is 18.5 Å². The number of rotatable bonds is 7. The van der Waals surface area contributed by atoms with E-state index in [0.29, 0.717) is 11.2 Å². The second kappa shape index (κ2) is 8.56. The number of sulfonamides is 1. The Bertz CT molecular complexity index is 1290. The number of fused-ring (bicyclic) bond motifs is 1. The Morgan fingerprint density at radius 1 is 1.13 bits per heavy atom. The van der Waals surface area contributed by atoms with Crippen LogP contribution in [0.5, 0.6) is 0 Å². The second-order valence-electron chi connectivity index (χ2n) is 6.35. The first kappa shape index (κ1) is 20.5. The molecule has 0 fully saturated rings. The third-order valence-corrected chi connectivity index (χ3v) is 7.21. The Labute approximate surface area is 180 Å². The van der Waals surface area contributed by atoms with Gasteiger partial charge in [0.05, 0.1) is 17.4 Å². The Kier molecular flexibility index (Phi) is 5.86. The Morgan fingerprint density at radius 2 is 1.93 bits per heavy atom. The van der Waals surface area contributed by atoms with Gasteiger partial charge in [0.2, 0.25) is 10.0 Å². The van der Waals surface area contributed by atoms with Crippen molar-refractivity contribution in [3.8, 4) is 10.6 Å². The molecule has 0 saturated heterocycles. The van der Waals surface area contributed by atoms with E-state index in [-0.39, 0.29) is 17.0 Å². The van der Waals surface area contributed by atoms with Crippen molar-refractivity contribution in [2.75, 3.05) is 0 Å². The molecule has 0 saturated carbocycles. The largest absolute Gasteiger partial charge is 0.458 e. The summed E-state index contributed by atoms with van der Waals surface area (Å²) in [7, 11) is -3.98. The van der Waals surface area contributed by atoms with Crippen LogP contribution < -0.4 is 4.72 Å². The molecule has 1 N–H and O–H groups in total. The smallest absolute Gasteiger partial charge is 0.324 e. The standard InChI is InChI=1S/C19H16N4O4S3/c1-12(23-30(25,26)16-9-5-8-15-17(16)22-29-21-15)19(24)27-10-14-11-28-18(20-14)13-6-3-2-4-7-13/h2-9,11-12,23H,10H2,1H3. The number of benzene rings is 2.